The predicted octanol–water partition coefficient (Wildman–Crippen LogP) is 3.98. The Kier molecular flexibility index (Phi) is 6.70. The van der Waals surface area contributed by atoms with E-state index in [1.165, 1.54) is 0 Å². The summed E-state index contributed by atoms with van der Waals surface area (Å²) in [6.07, 6.45) is 0.325. The van der Waals surface area contributed by atoms with Gasteiger partial charge in [0, 0.05) is 11.0 Å². The first-order valence-electron chi connectivity index (χ1n) is 7.07. The monoisotopic (exact) mass is 383 g/mol. The molecule has 0 saturated carbocycles. The normalized spacial score (nSPS) is 12.2. The van der Waals surface area contributed by atoms with Gasteiger partial charge in [-0.2, -0.15) is 0 Å². The average Bonchev–Trinajstić information content (AvgIpc) is 2.51. The minimum absolute atomic E-state index is 0.514. The van der Waals surface area contributed by atoms with E-state index in [9.17, 15) is 5.11 Å². The molecule has 2 rings (SSSR count). The molecule has 0 fully saturated rings. The van der Waals surface area contributed by atoms with E-state index in [1.807, 2.05) is 42.5 Å². The van der Waals surface area contributed by atoms with Gasteiger partial charge in [0.05, 0.1) is 18.2 Å². The van der Waals surface area contributed by atoms with Crippen LogP contribution in [0.4, 0.5) is 0 Å². The third-order valence-electron chi connectivity index (χ3n) is 3.38. The van der Waals surface area contributed by atoms with Crippen LogP contribution >= 0.6 is 27.5 Å². The van der Waals surface area contributed by atoms with Gasteiger partial charge in [-0.25, -0.2) is 0 Å². The number of ether oxygens (including phenoxy) is 1. The Labute approximate surface area is 144 Å². The van der Waals surface area contributed by atoms with Crippen LogP contribution in [0.2, 0.25) is 5.02 Å². The molecular weight excluding hydrogens is 366 g/mol. The lowest BCUT2D eigenvalue weighted by Crippen LogP contribution is -2.23. The smallest absolute Gasteiger partial charge is 0.137 e. The third-order valence-corrected chi connectivity index (χ3v) is 4.17. The van der Waals surface area contributed by atoms with E-state index in [0.29, 0.717) is 17.3 Å². The fourth-order valence-electron chi connectivity index (χ4n) is 2.17. The first-order chi connectivity index (χ1) is 10.6. The number of aliphatic hydroxyl groups is 1. The quantitative estimate of drug-likeness (QED) is 0.710. The van der Waals surface area contributed by atoms with Crippen LogP contribution in [0.3, 0.4) is 0 Å². The molecule has 2 aromatic rings. The number of rotatable bonds is 7. The molecular formula is C17H19BrClNO2. The molecule has 3 nitrogen and oxygen atoms in total. The highest BCUT2D eigenvalue weighted by Crippen LogP contribution is 2.25. The molecule has 0 aromatic heterocycles. The summed E-state index contributed by atoms with van der Waals surface area (Å²) in [5, 5.41) is 14.0. The van der Waals surface area contributed by atoms with Gasteiger partial charge in [0.1, 0.15) is 5.75 Å². The number of nitrogens with one attached hydrogen (secondary N) is 1. The number of halogens is 2. The number of hydrogen-bond donors (Lipinski definition) is 2. The molecule has 1 atom stereocenters. The molecule has 0 aliphatic carbocycles. The van der Waals surface area contributed by atoms with Crippen molar-refractivity contribution in [2.24, 2.45) is 0 Å². The molecule has 5 heteroatoms. The van der Waals surface area contributed by atoms with E-state index in [-0.39, 0.29) is 0 Å². The molecule has 0 aliphatic rings. The van der Waals surface area contributed by atoms with Gasteiger partial charge in [0.25, 0.3) is 0 Å². The Morgan fingerprint density at radius 3 is 2.77 bits per heavy atom. The summed E-state index contributed by atoms with van der Waals surface area (Å²) in [5.41, 5.74) is 2.03. The lowest BCUT2D eigenvalue weighted by Gasteiger charge is -2.13. The van der Waals surface area contributed by atoms with Crippen LogP contribution in [-0.2, 0) is 6.42 Å². The standard InChI is InChI=1S/C17H19BrClNO2/c1-22-17-6-5-12(9-15(17)19)7-8-20-11-16(21)13-3-2-4-14(18)10-13/h2-6,9-10,16,20-21H,7-8,11H2,1H3/t16-/m1/s1. The summed E-state index contributed by atoms with van der Waals surface area (Å²) in [7, 11) is 1.60. The molecule has 0 unspecified atom stereocenters. The largest absolute Gasteiger partial charge is 0.495 e. The van der Waals surface area contributed by atoms with Gasteiger partial charge < -0.3 is 15.2 Å². The van der Waals surface area contributed by atoms with Crippen molar-refractivity contribution >= 4 is 27.5 Å². The molecule has 0 aliphatic heterocycles. The summed E-state index contributed by atoms with van der Waals surface area (Å²) in [5.74, 6) is 0.684. The van der Waals surface area contributed by atoms with Gasteiger partial charge in [-0.1, -0.05) is 45.7 Å². The summed E-state index contributed by atoms with van der Waals surface area (Å²) < 4.78 is 6.10. The number of benzene rings is 2. The highest BCUT2D eigenvalue weighted by atomic mass is 79.9. The lowest BCUT2D eigenvalue weighted by atomic mass is 10.1. The van der Waals surface area contributed by atoms with Crippen molar-refractivity contribution in [2.45, 2.75) is 12.5 Å². The van der Waals surface area contributed by atoms with E-state index >= 15 is 0 Å². The third kappa shape index (κ3) is 4.99. The molecule has 2 N–H and O–H groups in total. The van der Waals surface area contributed by atoms with Crippen molar-refractivity contribution < 1.29 is 9.84 Å². The van der Waals surface area contributed by atoms with Gasteiger partial charge >= 0.3 is 0 Å². The Bertz CT molecular complexity index is 621. The van der Waals surface area contributed by atoms with Crippen LogP contribution < -0.4 is 10.1 Å². The van der Waals surface area contributed by atoms with Crippen molar-refractivity contribution in [1.82, 2.24) is 5.32 Å². The first-order valence-corrected chi connectivity index (χ1v) is 8.24. The van der Waals surface area contributed by atoms with Gasteiger partial charge in [-0.05, 0) is 48.4 Å². The van der Waals surface area contributed by atoms with Crippen molar-refractivity contribution in [3.05, 3.63) is 63.1 Å². The van der Waals surface area contributed by atoms with Crippen molar-refractivity contribution in [2.75, 3.05) is 20.2 Å². The number of aliphatic hydroxyl groups excluding tert-OH is 1. The Morgan fingerprint density at radius 2 is 2.09 bits per heavy atom. The molecule has 0 bridgehead atoms. The van der Waals surface area contributed by atoms with Gasteiger partial charge in [-0.3, -0.25) is 0 Å². The van der Waals surface area contributed by atoms with Crippen LogP contribution in [0.5, 0.6) is 5.75 Å². The summed E-state index contributed by atoms with van der Waals surface area (Å²) in [6, 6.07) is 13.5. The van der Waals surface area contributed by atoms with E-state index in [1.54, 1.807) is 7.11 Å². The second-order valence-electron chi connectivity index (χ2n) is 4.99. The van der Waals surface area contributed by atoms with Crippen molar-refractivity contribution in [3.63, 3.8) is 0 Å². The van der Waals surface area contributed by atoms with E-state index < -0.39 is 6.10 Å². The SMILES string of the molecule is COc1ccc(CCNC[C@@H](O)c2cccc(Br)c2)cc1Cl. The summed E-state index contributed by atoms with van der Waals surface area (Å²) in [4.78, 5) is 0. The fraction of sp³-hybridized carbons (Fsp3) is 0.294. The molecule has 118 valence electrons. The first kappa shape index (κ1) is 17.3. The summed E-state index contributed by atoms with van der Waals surface area (Å²) >= 11 is 9.50. The van der Waals surface area contributed by atoms with Crippen LogP contribution in [0.15, 0.2) is 46.9 Å². The highest BCUT2D eigenvalue weighted by molar-refractivity contribution is 9.10. The Hall–Kier alpha value is -1.07. The molecule has 2 aromatic carbocycles. The Morgan fingerprint density at radius 1 is 1.27 bits per heavy atom. The van der Waals surface area contributed by atoms with Crippen LogP contribution in [0, 0.1) is 0 Å². The zero-order valence-electron chi connectivity index (χ0n) is 12.4. The van der Waals surface area contributed by atoms with Crippen LogP contribution in [0.25, 0.3) is 0 Å². The lowest BCUT2D eigenvalue weighted by molar-refractivity contribution is 0.175. The zero-order chi connectivity index (χ0) is 15.9. The van der Waals surface area contributed by atoms with Crippen LogP contribution in [0.1, 0.15) is 17.2 Å². The maximum atomic E-state index is 10.1. The zero-order valence-corrected chi connectivity index (χ0v) is 14.7. The molecule has 0 amide bonds. The van der Waals surface area contributed by atoms with E-state index in [0.717, 1.165) is 28.6 Å². The molecule has 0 saturated heterocycles. The fourth-order valence-corrected chi connectivity index (χ4v) is 2.87. The van der Waals surface area contributed by atoms with Gasteiger partial charge in [0.15, 0.2) is 0 Å². The molecule has 0 spiro atoms. The molecule has 0 heterocycles. The number of methoxy groups -OCH3 is 1. The summed E-state index contributed by atoms with van der Waals surface area (Å²) in [6.45, 7) is 1.29. The predicted molar refractivity (Wildman–Crippen MR) is 93.7 cm³/mol. The second-order valence-corrected chi connectivity index (χ2v) is 6.32. The minimum Gasteiger partial charge on any atom is -0.495 e. The van der Waals surface area contributed by atoms with E-state index in [4.69, 9.17) is 16.3 Å². The highest BCUT2D eigenvalue weighted by Gasteiger charge is 2.07. The minimum atomic E-state index is -0.517. The second kappa shape index (κ2) is 8.53. The van der Waals surface area contributed by atoms with Crippen LogP contribution in [-0.4, -0.2) is 25.3 Å². The van der Waals surface area contributed by atoms with Gasteiger partial charge in [0.2, 0.25) is 0 Å². The van der Waals surface area contributed by atoms with Gasteiger partial charge in [-0.15, -0.1) is 0 Å². The maximum Gasteiger partial charge on any atom is 0.137 e. The topological polar surface area (TPSA) is 41.5 Å². The Balaban J connectivity index is 1.78. The number of hydrogen-bond acceptors (Lipinski definition) is 3. The van der Waals surface area contributed by atoms with Crippen molar-refractivity contribution in [1.29, 1.82) is 0 Å². The van der Waals surface area contributed by atoms with E-state index in [2.05, 4.69) is 21.2 Å². The molecule has 22 heavy (non-hydrogen) atoms. The average molecular weight is 385 g/mol. The maximum absolute atomic E-state index is 10.1. The molecule has 0 radical (unpaired) electrons. The van der Waals surface area contributed by atoms with Crippen molar-refractivity contribution in [3.8, 4) is 5.75 Å².